The standard InChI is InChI=1S/C21H20ClNO2/c1-15(18-11-6-9-16-7-2-4-10-19(16)18)23-21(24)14-25-13-17-8-3-5-12-20(17)22/h2-12,15H,13-14H2,1H3,(H,23,24). The first-order chi connectivity index (χ1) is 12.1. The average Bonchev–Trinajstić information content (AvgIpc) is 2.62. The molecule has 0 heterocycles. The SMILES string of the molecule is CC(NC(=O)COCc1ccccc1Cl)c1cccc2ccccc12. The lowest BCUT2D eigenvalue weighted by atomic mass is 10.00. The van der Waals surface area contributed by atoms with Gasteiger partial charge in [0.15, 0.2) is 0 Å². The monoisotopic (exact) mass is 353 g/mol. The first kappa shape index (κ1) is 17.5. The van der Waals surface area contributed by atoms with Gasteiger partial charge in [0.1, 0.15) is 6.61 Å². The maximum absolute atomic E-state index is 12.2. The van der Waals surface area contributed by atoms with E-state index in [9.17, 15) is 4.79 Å². The van der Waals surface area contributed by atoms with E-state index in [1.54, 1.807) is 0 Å². The van der Waals surface area contributed by atoms with E-state index in [2.05, 4.69) is 23.5 Å². The first-order valence-corrected chi connectivity index (χ1v) is 8.61. The Balaban J connectivity index is 1.58. The van der Waals surface area contributed by atoms with E-state index in [0.717, 1.165) is 21.9 Å². The van der Waals surface area contributed by atoms with E-state index in [0.29, 0.717) is 11.6 Å². The van der Waals surface area contributed by atoms with Crippen molar-refractivity contribution in [3.05, 3.63) is 82.9 Å². The number of ether oxygens (including phenoxy) is 1. The van der Waals surface area contributed by atoms with Gasteiger partial charge in [-0.25, -0.2) is 0 Å². The van der Waals surface area contributed by atoms with Crippen LogP contribution in [0.25, 0.3) is 10.8 Å². The van der Waals surface area contributed by atoms with Crippen LogP contribution in [0.5, 0.6) is 0 Å². The molecule has 0 aliphatic rings. The number of rotatable bonds is 6. The third kappa shape index (κ3) is 4.38. The lowest BCUT2D eigenvalue weighted by Crippen LogP contribution is -2.30. The van der Waals surface area contributed by atoms with Crippen LogP contribution in [0.1, 0.15) is 24.1 Å². The second-order valence-electron chi connectivity index (χ2n) is 5.94. The van der Waals surface area contributed by atoms with Gasteiger partial charge in [0, 0.05) is 5.02 Å². The summed E-state index contributed by atoms with van der Waals surface area (Å²) in [5.41, 5.74) is 1.97. The van der Waals surface area contributed by atoms with E-state index < -0.39 is 0 Å². The van der Waals surface area contributed by atoms with Gasteiger partial charge in [0.2, 0.25) is 5.91 Å². The van der Waals surface area contributed by atoms with Crippen molar-refractivity contribution in [3.8, 4) is 0 Å². The molecule has 1 unspecified atom stereocenters. The number of amides is 1. The van der Waals surface area contributed by atoms with E-state index in [4.69, 9.17) is 16.3 Å². The van der Waals surface area contributed by atoms with Crippen molar-refractivity contribution < 1.29 is 9.53 Å². The summed E-state index contributed by atoms with van der Waals surface area (Å²) in [7, 11) is 0. The molecule has 1 atom stereocenters. The molecule has 3 aromatic rings. The molecule has 0 aliphatic heterocycles. The molecule has 1 amide bonds. The summed E-state index contributed by atoms with van der Waals surface area (Å²) in [6.07, 6.45) is 0. The molecule has 0 fully saturated rings. The lowest BCUT2D eigenvalue weighted by molar-refractivity contribution is -0.126. The predicted octanol–water partition coefficient (Wildman–Crippen LogP) is 4.89. The van der Waals surface area contributed by atoms with Crippen molar-refractivity contribution in [1.82, 2.24) is 5.32 Å². The van der Waals surface area contributed by atoms with Crippen LogP contribution in [0.15, 0.2) is 66.7 Å². The van der Waals surface area contributed by atoms with Gasteiger partial charge in [-0.1, -0.05) is 72.3 Å². The van der Waals surface area contributed by atoms with Gasteiger partial charge in [0.05, 0.1) is 12.6 Å². The molecule has 0 radical (unpaired) electrons. The lowest BCUT2D eigenvalue weighted by Gasteiger charge is -2.17. The zero-order valence-electron chi connectivity index (χ0n) is 14.0. The molecule has 3 nitrogen and oxygen atoms in total. The van der Waals surface area contributed by atoms with Crippen molar-refractivity contribution in [2.24, 2.45) is 0 Å². The Kier molecular flexibility index (Phi) is 5.69. The third-order valence-corrected chi connectivity index (χ3v) is 4.48. The van der Waals surface area contributed by atoms with Crippen molar-refractivity contribution in [2.45, 2.75) is 19.6 Å². The fourth-order valence-corrected chi connectivity index (χ4v) is 3.05. The fraction of sp³-hybridized carbons (Fsp3) is 0.190. The van der Waals surface area contributed by atoms with Crippen LogP contribution in [0.2, 0.25) is 5.02 Å². The van der Waals surface area contributed by atoms with E-state index in [1.807, 2.05) is 55.5 Å². The highest BCUT2D eigenvalue weighted by molar-refractivity contribution is 6.31. The van der Waals surface area contributed by atoms with Crippen molar-refractivity contribution in [2.75, 3.05) is 6.61 Å². The average molecular weight is 354 g/mol. The Morgan fingerprint density at radius 3 is 2.60 bits per heavy atom. The van der Waals surface area contributed by atoms with Crippen LogP contribution in [-0.2, 0) is 16.1 Å². The number of carbonyl (C=O) groups is 1. The quantitative estimate of drug-likeness (QED) is 0.685. The Labute approximate surface area is 152 Å². The molecule has 3 aromatic carbocycles. The Morgan fingerprint density at radius 1 is 1.04 bits per heavy atom. The van der Waals surface area contributed by atoms with Crippen LogP contribution >= 0.6 is 11.6 Å². The smallest absolute Gasteiger partial charge is 0.246 e. The highest BCUT2D eigenvalue weighted by Crippen LogP contribution is 2.24. The molecule has 0 aliphatic carbocycles. The van der Waals surface area contributed by atoms with E-state index >= 15 is 0 Å². The number of hydrogen-bond acceptors (Lipinski definition) is 2. The van der Waals surface area contributed by atoms with Crippen LogP contribution in [-0.4, -0.2) is 12.5 Å². The second-order valence-corrected chi connectivity index (χ2v) is 6.35. The topological polar surface area (TPSA) is 38.3 Å². The highest BCUT2D eigenvalue weighted by Gasteiger charge is 2.12. The summed E-state index contributed by atoms with van der Waals surface area (Å²) in [4.78, 5) is 12.2. The molecule has 0 saturated carbocycles. The van der Waals surface area contributed by atoms with Gasteiger partial charge < -0.3 is 10.1 Å². The molecule has 128 valence electrons. The molecule has 0 saturated heterocycles. The molecule has 0 spiro atoms. The molecular formula is C21H20ClNO2. The summed E-state index contributed by atoms with van der Waals surface area (Å²) in [5, 5.41) is 5.95. The minimum Gasteiger partial charge on any atom is -0.367 e. The molecule has 1 N–H and O–H groups in total. The summed E-state index contributed by atoms with van der Waals surface area (Å²) in [6, 6.07) is 21.6. The zero-order valence-corrected chi connectivity index (χ0v) is 14.8. The first-order valence-electron chi connectivity index (χ1n) is 8.23. The normalized spacial score (nSPS) is 12.1. The maximum Gasteiger partial charge on any atom is 0.246 e. The highest BCUT2D eigenvalue weighted by atomic mass is 35.5. The Bertz CT molecular complexity index is 873. The minimum atomic E-state index is -0.146. The summed E-state index contributed by atoms with van der Waals surface area (Å²) >= 11 is 6.08. The largest absolute Gasteiger partial charge is 0.367 e. The predicted molar refractivity (Wildman–Crippen MR) is 102 cm³/mol. The number of halogens is 1. The third-order valence-electron chi connectivity index (χ3n) is 4.12. The Morgan fingerprint density at radius 2 is 1.76 bits per heavy atom. The number of nitrogens with one attached hydrogen (secondary N) is 1. The van der Waals surface area contributed by atoms with Gasteiger partial charge in [-0.3, -0.25) is 4.79 Å². The molecule has 0 bridgehead atoms. The van der Waals surface area contributed by atoms with E-state index in [-0.39, 0.29) is 18.6 Å². The van der Waals surface area contributed by atoms with E-state index in [1.165, 1.54) is 0 Å². The molecule has 3 rings (SSSR count). The second kappa shape index (κ2) is 8.15. The van der Waals surface area contributed by atoms with Gasteiger partial charge in [-0.05, 0) is 34.9 Å². The fourth-order valence-electron chi connectivity index (χ4n) is 2.86. The van der Waals surface area contributed by atoms with Gasteiger partial charge >= 0.3 is 0 Å². The van der Waals surface area contributed by atoms with Gasteiger partial charge in [-0.2, -0.15) is 0 Å². The number of carbonyl (C=O) groups excluding carboxylic acids is 1. The number of hydrogen-bond donors (Lipinski definition) is 1. The summed E-state index contributed by atoms with van der Waals surface area (Å²) in [6.45, 7) is 2.30. The molecule has 25 heavy (non-hydrogen) atoms. The Hall–Kier alpha value is -2.36. The zero-order chi connectivity index (χ0) is 17.6. The number of fused-ring (bicyclic) bond motifs is 1. The summed E-state index contributed by atoms with van der Waals surface area (Å²) < 4.78 is 5.49. The molecule has 0 aromatic heterocycles. The van der Waals surface area contributed by atoms with Crippen molar-refractivity contribution >= 4 is 28.3 Å². The van der Waals surface area contributed by atoms with Gasteiger partial charge in [0.25, 0.3) is 0 Å². The van der Waals surface area contributed by atoms with Crippen LogP contribution in [0.4, 0.5) is 0 Å². The van der Waals surface area contributed by atoms with Crippen molar-refractivity contribution in [1.29, 1.82) is 0 Å². The van der Waals surface area contributed by atoms with Crippen LogP contribution < -0.4 is 5.32 Å². The summed E-state index contributed by atoms with van der Waals surface area (Å²) in [5.74, 6) is -0.146. The van der Waals surface area contributed by atoms with Crippen LogP contribution in [0.3, 0.4) is 0 Å². The molecule has 4 heteroatoms. The van der Waals surface area contributed by atoms with Crippen molar-refractivity contribution in [3.63, 3.8) is 0 Å². The number of benzene rings is 3. The van der Waals surface area contributed by atoms with Gasteiger partial charge in [-0.15, -0.1) is 0 Å². The minimum absolute atomic E-state index is 0.000327. The maximum atomic E-state index is 12.2. The molecular weight excluding hydrogens is 334 g/mol. The van der Waals surface area contributed by atoms with Crippen LogP contribution in [0, 0.1) is 0 Å².